The number of benzene rings is 4. The van der Waals surface area contributed by atoms with Gasteiger partial charge in [-0.15, -0.1) is 16.4 Å². The number of nitrogens with one attached hydrogen (secondary N) is 2. The lowest BCUT2D eigenvalue weighted by Crippen LogP contribution is -2.50. The number of thiophene rings is 1. The van der Waals surface area contributed by atoms with E-state index in [-0.39, 0.29) is 98.8 Å². The summed E-state index contributed by atoms with van der Waals surface area (Å²) in [5.74, 6) is -2.85. The molecule has 7 atom stereocenters. The third kappa shape index (κ3) is 10.6. The molecule has 3 fully saturated rings. The number of nitrogen functional groups attached to an aromatic ring is 1. The number of hydrogen-bond donors (Lipinski definition) is 5. The first-order chi connectivity index (χ1) is 39.5. The van der Waals surface area contributed by atoms with Gasteiger partial charge in [0.05, 0.1) is 64.3 Å². The molecule has 82 heavy (non-hydrogen) atoms. The van der Waals surface area contributed by atoms with Crippen molar-refractivity contribution in [2.24, 2.45) is 5.92 Å². The third-order valence-corrected chi connectivity index (χ3v) is 16.7. The highest BCUT2D eigenvalue weighted by molar-refractivity contribution is 7.23. The molecule has 0 saturated carbocycles. The van der Waals surface area contributed by atoms with Crippen molar-refractivity contribution in [1.82, 2.24) is 45.5 Å². The number of hydrogen-bond acceptors (Lipinski definition) is 17. The van der Waals surface area contributed by atoms with E-state index in [2.05, 4.69) is 36.9 Å². The Morgan fingerprint density at radius 1 is 0.976 bits per heavy atom. The molecule has 0 spiro atoms. The molecule has 3 aliphatic rings. The van der Waals surface area contributed by atoms with E-state index >= 15 is 4.39 Å². The molecule has 8 aromatic rings. The molecule has 4 aromatic carbocycles. The summed E-state index contributed by atoms with van der Waals surface area (Å²) in [6, 6.07) is 17.6. The minimum absolute atomic E-state index is 0.0221. The van der Waals surface area contributed by atoms with Crippen molar-refractivity contribution in [3.8, 4) is 51.3 Å². The fourth-order valence-electron chi connectivity index (χ4n) is 11.2. The average molecular weight is 1160 g/mol. The van der Waals surface area contributed by atoms with Crippen LogP contribution in [0.15, 0.2) is 85.3 Å². The van der Waals surface area contributed by atoms with Crippen LogP contribution in [0, 0.1) is 34.7 Å². The van der Waals surface area contributed by atoms with Gasteiger partial charge >= 0.3 is 6.01 Å². The second kappa shape index (κ2) is 23.1. The van der Waals surface area contributed by atoms with Crippen molar-refractivity contribution < 1.29 is 47.2 Å². The maximum absolute atomic E-state index is 15.6. The first-order valence-corrected chi connectivity index (χ1v) is 27.8. The van der Waals surface area contributed by atoms with Crippen LogP contribution in [0.3, 0.4) is 0 Å². The third-order valence-electron chi connectivity index (χ3n) is 15.4. The zero-order valence-electron chi connectivity index (χ0n) is 44.8. The van der Waals surface area contributed by atoms with E-state index in [1.54, 1.807) is 25.4 Å². The van der Waals surface area contributed by atoms with Gasteiger partial charge in [-0.25, -0.2) is 17.9 Å². The van der Waals surface area contributed by atoms with Crippen molar-refractivity contribution in [3.63, 3.8) is 0 Å². The molecular formula is C58H56ClF3N12O7S. The number of β-amino-alcohol motifs (C(OH)–C–C–N with tert-alkyl or cyclic N) is 1. The van der Waals surface area contributed by atoms with Crippen LogP contribution in [0.4, 0.5) is 24.0 Å². The zero-order chi connectivity index (χ0) is 57.7. The molecule has 2 bridgehead atoms. The van der Waals surface area contributed by atoms with Crippen LogP contribution in [0.5, 0.6) is 11.8 Å². The molecule has 2 amide bonds. The Labute approximate surface area is 477 Å². The molecule has 0 aliphatic carbocycles. The SMILES string of the molecule is CO[C@@H](C)COc1nc(N2C[C@@H]3C[C@H]2CN3)c2cc(Cl)c(-c3ccc(F)c4sc(N)c(C#N)c34)c(OCc3ccc(-c4cn([C@H](C(=O)N5C[C@H](O)C[C@H]5C(=O)N[C@@H](CO)c5ccc(-c6c(F)cncc6F)cc5)C(C)C)nn4)cc3)c2n1. The maximum Gasteiger partial charge on any atom is 0.319 e. The molecule has 0 radical (unpaired) electrons. The Morgan fingerprint density at radius 2 is 1.72 bits per heavy atom. The standard InChI is InChI=1S/C58H56ClF3N12O7S/c1-28(2)51(57(78)73-23-36(76)16-46(73)56(77)67-45(25-75)32-9-11-33(12-10-32)47-42(61)20-65-21-43(47)62)74-24-44(70-71-74)31-7-5-30(6-8-31)27-80-52-49(37-13-14-41(60)53-48(37)39(18-63)54(64)82-53)40(59)17-38-50(52)68-58(81-26-29(3)79-4)69-55(38)72-22-34-15-35(72)19-66-34/h5-14,17,20-21,24,28-29,34-36,45-46,51,66,75-76H,15-16,19,22-23,25-27,64H2,1-4H3,(H,67,77)/t29-,34-,35-,36+,45-,46-,51-/m0/s1. The van der Waals surface area contributed by atoms with E-state index in [1.807, 2.05) is 45.0 Å². The quantitative estimate of drug-likeness (QED) is 0.0547. The van der Waals surface area contributed by atoms with Gasteiger partial charge in [0.25, 0.3) is 0 Å². The van der Waals surface area contributed by atoms with Crippen molar-refractivity contribution in [1.29, 1.82) is 5.26 Å². The molecule has 19 nitrogen and oxygen atoms in total. The lowest BCUT2D eigenvalue weighted by Gasteiger charge is -2.30. The Hall–Kier alpha value is -7.98. The first-order valence-electron chi connectivity index (χ1n) is 26.6. The van der Waals surface area contributed by atoms with Gasteiger partial charge in [-0.3, -0.25) is 14.6 Å². The number of rotatable bonds is 18. The number of carbonyl (C=O) groups excluding carboxylic acids is 2. The minimum atomic E-state index is -1.11. The second-order valence-electron chi connectivity index (χ2n) is 21.0. The number of halogens is 4. The summed E-state index contributed by atoms with van der Waals surface area (Å²) in [6.07, 6.45) is 3.00. The van der Waals surface area contributed by atoms with Gasteiger partial charge < -0.3 is 50.6 Å². The van der Waals surface area contributed by atoms with Gasteiger partial charge in [0.1, 0.15) is 59.2 Å². The van der Waals surface area contributed by atoms with E-state index < -0.39 is 60.1 Å². The number of ether oxygens (including phenoxy) is 3. The Balaban J connectivity index is 0.860. The molecule has 11 rings (SSSR count). The zero-order valence-corrected chi connectivity index (χ0v) is 46.4. The van der Waals surface area contributed by atoms with Gasteiger partial charge in [0.2, 0.25) is 11.8 Å². The van der Waals surface area contributed by atoms with Crippen molar-refractivity contribution in [2.75, 3.05) is 50.6 Å². The van der Waals surface area contributed by atoms with Crippen LogP contribution in [-0.2, 0) is 20.9 Å². The lowest BCUT2D eigenvalue weighted by atomic mass is 9.96. The fraction of sp³-hybridized carbons (Fsp3) is 0.345. The predicted molar refractivity (Wildman–Crippen MR) is 301 cm³/mol. The molecule has 24 heteroatoms. The average Bonchev–Trinajstić information content (AvgIpc) is 4.55. The summed E-state index contributed by atoms with van der Waals surface area (Å²) < 4.78 is 64.6. The number of methoxy groups -OCH3 is 1. The number of nitriles is 1. The van der Waals surface area contributed by atoms with Gasteiger partial charge in [0.15, 0.2) is 17.4 Å². The molecule has 4 aromatic heterocycles. The number of carbonyl (C=O) groups is 2. The number of pyridine rings is 1. The highest BCUT2D eigenvalue weighted by Crippen LogP contribution is 2.50. The minimum Gasteiger partial charge on any atom is -0.486 e. The monoisotopic (exact) mass is 1160 g/mol. The topological polar surface area (TPSA) is 252 Å². The fourth-order valence-corrected chi connectivity index (χ4v) is 12.4. The normalized spacial score (nSPS) is 18.8. The number of piperazine rings is 1. The van der Waals surface area contributed by atoms with Gasteiger partial charge in [0, 0.05) is 67.1 Å². The number of aromatic nitrogens is 6. The van der Waals surface area contributed by atoms with Crippen LogP contribution in [0.1, 0.15) is 62.4 Å². The van der Waals surface area contributed by atoms with Crippen LogP contribution < -0.4 is 30.7 Å². The lowest BCUT2D eigenvalue weighted by molar-refractivity contribution is -0.142. The van der Waals surface area contributed by atoms with Crippen molar-refractivity contribution >= 4 is 66.6 Å². The predicted octanol–water partition coefficient (Wildman–Crippen LogP) is 7.91. The number of amides is 2. The Morgan fingerprint density at radius 3 is 2.39 bits per heavy atom. The first kappa shape index (κ1) is 55.9. The Bertz CT molecular complexity index is 3770. The molecular weight excluding hydrogens is 1100 g/mol. The van der Waals surface area contributed by atoms with Gasteiger partial charge in [-0.05, 0) is 53.6 Å². The molecule has 3 aliphatic heterocycles. The van der Waals surface area contributed by atoms with E-state index in [4.69, 9.17) is 41.5 Å². The second-order valence-corrected chi connectivity index (χ2v) is 22.5. The summed E-state index contributed by atoms with van der Waals surface area (Å²) in [5, 5.41) is 48.0. The van der Waals surface area contributed by atoms with E-state index in [9.17, 15) is 33.8 Å². The summed E-state index contributed by atoms with van der Waals surface area (Å²) in [4.78, 5) is 45.5. The summed E-state index contributed by atoms with van der Waals surface area (Å²) >= 11 is 8.33. The smallest absolute Gasteiger partial charge is 0.319 e. The van der Waals surface area contributed by atoms with Gasteiger partial charge in [-0.2, -0.15) is 15.2 Å². The largest absolute Gasteiger partial charge is 0.486 e. The number of nitrogens with zero attached hydrogens (tertiary/aromatic N) is 9. The summed E-state index contributed by atoms with van der Waals surface area (Å²) in [5.41, 5.74) is 9.76. The highest BCUT2D eigenvalue weighted by Gasteiger charge is 2.44. The summed E-state index contributed by atoms with van der Waals surface area (Å²) in [6.45, 7) is 6.43. The van der Waals surface area contributed by atoms with Crippen LogP contribution in [0.2, 0.25) is 5.02 Å². The van der Waals surface area contributed by atoms with E-state index in [0.29, 0.717) is 56.8 Å². The van der Waals surface area contributed by atoms with Gasteiger partial charge in [-0.1, -0.05) is 85.3 Å². The number of fused-ring (bicyclic) bond motifs is 4. The maximum atomic E-state index is 15.6. The number of anilines is 2. The number of nitrogens with two attached hydrogens (primary N) is 1. The number of likely N-dealkylation sites (tertiary alicyclic amines) is 1. The van der Waals surface area contributed by atoms with E-state index in [0.717, 1.165) is 36.7 Å². The number of aliphatic hydroxyl groups is 2. The molecule has 0 unspecified atom stereocenters. The summed E-state index contributed by atoms with van der Waals surface area (Å²) in [7, 11) is 1.58. The van der Waals surface area contributed by atoms with E-state index in [1.165, 1.54) is 39.9 Å². The van der Waals surface area contributed by atoms with Crippen LogP contribution in [-0.4, -0.2) is 127 Å². The Kier molecular flexibility index (Phi) is 15.8. The van der Waals surface area contributed by atoms with Crippen molar-refractivity contribution in [2.45, 2.75) is 82.6 Å². The molecule has 6 N–H and O–H groups in total. The number of aliphatic hydroxyl groups excluding tert-OH is 2. The molecule has 7 heterocycles. The highest BCUT2D eigenvalue weighted by atomic mass is 35.5. The van der Waals surface area contributed by atoms with Crippen molar-refractivity contribution in [3.05, 3.63) is 124 Å². The van der Waals surface area contributed by atoms with Crippen LogP contribution >= 0.6 is 22.9 Å². The van der Waals surface area contributed by atoms with Crippen LogP contribution in [0.25, 0.3) is 54.5 Å². The molecule has 424 valence electrons. The molecule has 3 saturated heterocycles.